The van der Waals surface area contributed by atoms with Gasteiger partial charge in [-0.25, -0.2) is 0 Å². The quantitative estimate of drug-likeness (QED) is 0.898. The molecule has 2 fully saturated rings. The minimum Gasteiger partial charge on any atom is -0.377 e. The van der Waals surface area contributed by atoms with Crippen LogP contribution in [0.3, 0.4) is 0 Å². The number of thioether (sulfide) groups is 1. The van der Waals surface area contributed by atoms with E-state index in [1.165, 1.54) is 11.3 Å². The van der Waals surface area contributed by atoms with Gasteiger partial charge < -0.3 is 10.2 Å². The molecule has 1 aromatic carbocycles. The van der Waals surface area contributed by atoms with Crippen molar-refractivity contribution in [3.05, 3.63) is 60.4 Å². The van der Waals surface area contributed by atoms with Crippen molar-refractivity contribution in [2.45, 2.75) is 55.8 Å². The predicted octanol–water partition coefficient (Wildman–Crippen LogP) is 4.16. The second-order valence-electron chi connectivity index (χ2n) is 7.14. The average molecular weight is 314 g/mol. The second-order valence-corrected chi connectivity index (χ2v) is 9.22. The fraction of sp³-hybridized carbons (Fsp3) is 0.474. The van der Waals surface area contributed by atoms with E-state index in [0.717, 1.165) is 12.1 Å². The van der Waals surface area contributed by atoms with Crippen molar-refractivity contribution < 1.29 is 0 Å². The highest BCUT2D eigenvalue weighted by Crippen LogP contribution is 2.61. The van der Waals surface area contributed by atoms with E-state index < -0.39 is 0 Å². The summed E-state index contributed by atoms with van der Waals surface area (Å²) in [4.78, 5) is 2.56. The first kappa shape index (κ1) is 15.5. The number of benzene rings is 1. The van der Waals surface area contributed by atoms with Crippen molar-refractivity contribution in [3.63, 3.8) is 0 Å². The van der Waals surface area contributed by atoms with Gasteiger partial charge >= 0.3 is 0 Å². The van der Waals surface area contributed by atoms with E-state index in [2.05, 4.69) is 75.3 Å². The molecule has 1 N–H and O–H groups in total. The molecule has 3 unspecified atom stereocenters. The molecule has 0 radical (unpaired) electrons. The Morgan fingerprint density at radius 2 is 1.91 bits per heavy atom. The van der Waals surface area contributed by atoms with Crippen LogP contribution in [0.1, 0.15) is 33.3 Å². The van der Waals surface area contributed by atoms with Gasteiger partial charge in [-0.15, -0.1) is 11.8 Å². The van der Waals surface area contributed by atoms with Gasteiger partial charge in [0.05, 0.1) is 6.04 Å². The van der Waals surface area contributed by atoms with Crippen molar-refractivity contribution in [3.8, 4) is 0 Å². The van der Waals surface area contributed by atoms with Crippen LogP contribution >= 0.6 is 11.8 Å². The summed E-state index contributed by atoms with van der Waals surface area (Å²) >= 11 is 2.05. The lowest BCUT2D eigenvalue weighted by atomic mass is 9.88. The number of fused-ring (bicyclic) bond motifs is 1. The number of allylic oxidation sites excluding steroid dienone is 1. The van der Waals surface area contributed by atoms with Crippen LogP contribution < -0.4 is 5.32 Å². The zero-order valence-electron chi connectivity index (χ0n) is 14.0. The molecule has 2 nitrogen and oxygen atoms in total. The first-order valence-electron chi connectivity index (χ1n) is 7.92. The van der Waals surface area contributed by atoms with Crippen LogP contribution in [0.4, 0.5) is 0 Å². The summed E-state index contributed by atoms with van der Waals surface area (Å²) < 4.78 is 0.245. The van der Waals surface area contributed by atoms with E-state index in [-0.39, 0.29) is 15.7 Å². The molecule has 0 amide bonds. The van der Waals surface area contributed by atoms with E-state index >= 15 is 0 Å². The van der Waals surface area contributed by atoms with Crippen molar-refractivity contribution >= 4 is 11.8 Å². The molecular formula is C19H26N2S. The maximum Gasteiger partial charge on any atom is 0.110 e. The van der Waals surface area contributed by atoms with E-state index in [9.17, 15) is 0 Å². The minimum atomic E-state index is 0.0830. The van der Waals surface area contributed by atoms with Crippen LogP contribution in [0.5, 0.6) is 0 Å². The average Bonchev–Trinajstić information content (AvgIpc) is 2.61. The van der Waals surface area contributed by atoms with Gasteiger partial charge in [-0.05, 0) is 33.3 Å². The summed E-state index contributed by atoms with van der Waals surface area (Å²) in [6.45, 7) is 17.8. The van der Waals surface area contributed by atoms with Crippen LogP contribution in [0, 0.1) is 0 Å². The summed E-state index contributed by atoms with van der Waals surface area (Å²) in [7, 11) is 0. The minimum absolute atomic E-state index is 0.0830. The third-order valence-corrected chi connectivity index (χ3v) is 6.84. The van der Waals surface area contributed by atoms with Crippen LogP contribution in [0.15, 0.2) is 54.9 Å². The zero-order valence-corrected chi connectivity index (χ0v) is 14.8. The third kappa shape index (κ3) is 2.26. The maximum atomic E-state index is 4.31. The molecule has 0 aliphatic carbocycles. The van der Waals surface area contributed by atoms with Gasteiger partial charge in [-0.3, -0.25) is 0 Å². The first-order chi connectivity index (χ1) is 10.3. The Morgan fingerprint density at radius 1 is 1.27 bits per heavy atom. The fourth-order valence-electron chi connectivity index (χ4n) is 3.79. The van der Waals surface area contributed by atoms with E-state index in [1.807, 2.05) is 17.8 Å². The highest BCUT2D eigenvalue weighted by atomic mass is 32.2. The third-order valence-electron chi connectivity index (χ3n) is 5.13. The molecular weight excluding hydrogens is 288 g/mol. The van der Waals surface area contributed by atoms with Gasteiger partial charge in [0, 0.05) is 28.6 Å². The molecule has 0 bridgehead atoms. The summed E-state index contributed by atoms with van der Waals surface area (Å²) in [6, 6.07) is 11.3. The fourth-order valence-corrected chi connectivity index (χ4v) is 5.82. The standard InChI is InChI=1S/C19H26N2S/c1-13(12-16-10-8-7-9-11-16)20-17-14(2)21-15(3)18(4,5)22-19(17,21)6/h7-11,15,17,20H,1-2,12H2,3-6H3. The highest BCUT2D eigenvalue weighted by Gasteiger charge is 2.64. The van der Waals surface area contributed by atoms with Crippen molar-refractivity contribution in [2.75, 3.05) is 0 Å². The second kappa shape index (κ2) is 5.09. The maximum absolute atomic E-state index is 4.31. The summed E-state index contributed by atoms with van der Waals surface area (Å²) in [5.74, 6) is 0. The lowest BCUT2D eigenvalue weighted by molar-refractivity contribution is 0.0700. The van der Waals surface area contributed by atoms with Gasteiger partial charge in [0.2, 0.25) is 0 Å². The van der Waals surface area contributed by atoms with Crippen LogP contribution in [0.2, 0.25) is 0 Å². The van der Waals surface area contributed by atoms with E-state index in [1.54, 1.807) is 0 Å². The molecule has 1 aromatic rings. The topological polar surface area (TPSA) is 15.3 Å². The Hall–Kier alpha value is -1.35. The molecule has 0 saturated carbocycles. The molecule has 3 atom stereocenters. The summed E-state index contributed by atoms with van der Waals surface area (Å²) in [5.41, 5.74) is 3.55. The van der Waals surface area contributed by atoms with Crippen molar-refractivity contribution in [1.82, 2.24) is 10.2 Å². The molecule has 2 aliphatic rings. The van der Waals surface area contributed by atoms with Gasteiger partial charge in [0.15, 0.2) is 0 Å². The monoisotopic (exact) mass is 314 g/mol. The molecule has 118 valence electrons. The predicted molar refractivity (Wildman–Crippen MR) is 96.7 cm³/mol. The lowest BCUT2D eigenvalue weighted by Gasteiger charge is -2.57. The SMILES string of the molecule is C=C(Cc1ccccc1)NC1C(=C)N2C(C)C(C)(C)SC12C. The van der Waals surface area contributed by atoms with E-state index in [4.69, 9.17) is 0 Å². The van der Waals surface area contributed by atoms with Crippen LogP contribution in [-0.2, 0) is 6.42 Å². The Labute approximate surface area is 138 Å². The molecule has 2 heterocycles. The Morgan fingerprint density at radius 3 is 2.55 bits per heavy atom. The number of hydrogen-bond donors (Lipinski definition) is 1. The highest BCUT2D eigenvalue weighted by molar-refractivity contribution is 8.02. The van der Waals surface area contributed by atoms with Gasteiger partial charge in [0.25, 0.3) is 0 Å². The van der Waals surface area contributed by atoms with Gasteiger partial charge in [-0.1, -0.05) is 43.5 Å². The molecule has 2 saturated heterocycles. The van der Waals surface area contributed by atoms with Gasteiger partial charge in [-0.2, -0.15) is 0 Å². The first-order valence-corrected chi connectivity index (χ1v) is 8.74. The lowest BCUT2D eigenvalue weighted by Crippen LogP contribution is -2.68. The summed E-state index contributed by atoms with van der Waals surface area (Å²) in [5, 5.41) is 3.63. The molecule has 2 aliphatic heterocycles. The Bertz CT molecular complexity index is 607. The van der Waals surface area contributed by atoms with Crippen molar-refractivity contribution in [1.29, 1.82) is 0 Å². The molecule has 0 spiro atoms. The molecule has 3 rings (SSSR count). The Kier molecular flexibility index (Phi) is 3.59. The van der Waals surface area contributed by atoms with E-state index in [0.29, 0.717) is 6.04 Å². The normalized spacial score (nSPS) is 32.4. The largest absolute Gasteiger partial charge is 0.377 e. The smallest absolute Gasteiger partial charge is 0.110 e. The van der Waals surface area contributed by atoms with Crippen LogP contribution in [0.25, 0.3) is 0 Å². The number of hydrogen-bond acceptors (Lipinski definition) is 3. The number of nitrogens with one attached hydrogen (secondary N) is 1. The summed E-state index contributed by atoms with van der Waals surface area (Å²) in [6.07, 6.45) is 0.865. The molecule has 3 heteroatoms. The van der Waals surface area contributed by atoms with Crippen molar-refractivity contribution in [2.24, 2.45) is 0 Å². The number of nitrogens with zero attached hydrogens (tertiary/aromatic N) is 1. The van der Waals surface area contributed by atoms with Gasteiger partial charge in [0.1, 0.15) is 4.87 Å². The van der Waals surface area contributed by atoms with Crippen LogP contribution in [-0.4, -0.2) is 26.6 Å². The molecule has 22 heavy (non-hydrogen) atoms. The Balaban J connectivity index is 1.69. The number of rotatable bonds is 4. The zero-order chi connectivity index (χ0) is 16.1. The molecule has 0 aromatic heterocycles.